The highest BCUT2D eigenvalue weighted by Crippen LogP contribution is 2.43. The van der Waals surface area contributed by atoms with E-state index >= 15 is 0 Å². The Morgan fingerprint density at radius 2 is 1.74 bits per heavy atom. The maximum Gasteiger partial charge on any atom is 0.325 e. The van der Waals surface area contributed by atoms with Crippen molar-refractivity contribution in [1.29, 1.82) is 0 Å². The quantitative estimate of drug-likeness (QED) is 0.702. The zero-order valence-electron chi connectivity index (χ0n) is 20.3. The lowest BCUT2D eigenvalue weighted by Crippen LogP contribution is -2.51. The molecule has 7 heteroatoms. The smallest absolute Gasteiger partial charge is 0.325 e. The van der Waals surface area contributed by atoms with Crippen LogP contribution in [0.5, 0.6) is 0 Å². The summed E-state index contributed by atoms with van der Waals surface area (Å²) in [6.07, 6.45) is 5.09. The third-order valence-corrected chi connectivity index (χ3v) is 8.08. The molecule has 2 fully saturated rings. The zero-order valence-corrected chi connectivity index (χ0v) is 20.3. The standard InChI is InChI=1S/C27H34N4O3/c1-26(2,3)20-11-13-27(14-12-20)24(33)31(25(34)28-27)18-22(32)30-17-16-29-15-7-10-21(29)23(30)19-8-5-4-6-9-19/h4-10,15,20,23H,11-14,16-18H2,1-3H3,(H,28,34). The van der Waals surface area contributed by atoms with Crippen LogP contribution < -0.4 is 5.32 Å². The number of fused-ring (bicyclic) bond motifs is 1. The maximum atomic E-state index is 13.6. The molecule has 1 saturated heterocycles. The number of aromatic nitrogens is 1. The third-order valence-electron chi connectivity index (χ3n) is 8.08. The van der Waals surface area contributed by atoms with E-state index in [0.29, 0.717) is 31.8 Å². The van der Waals surface area contributed by atoms with Crippen molar-refractivity contribution >= 4 is 17.8 Å². The number of benzene rings is 1. The second-order valence-corrected chi connectivity index (χ2v) is 11.1. The van der Waals surface area contributed by atoms with Crippen LogP contribution in [0.25, 0.3) is 0 Å². The van der Waals surface area contributed by atoms with Crippen molar-refractivity contribution in [3.05, 3.63) is 59.9 Å². The molecule has 4 amide bonds. The first-order valence-corrected chi connectivity index (χ1v) is 12.3. The lowest BCUT2D eigenvalue weighted by molar-refractivity contribution is -0.141. The van der Waals surface area contributed by atoms with Gasteiger partial charge in [-0.2, -0.15) is 0 Å². The van der Waals surface area contributed by atoms with Gasteiger partial charge in [-0.25, -0.2) is 4.79 Å². The number of imide groups is 1. The van der Waals surface area contributed by atoms with E-state index in [0.717, 1.165) is 29.0 Å². The normalized spacial score (nSPS) is 27.1. The Bertz CT molecular complexity index is 1090. The number of hydrogen-bond donors (Lipinski definition) is 1. The van der Waals surface area contributed by atoms with E-state index < -0.39 is 11.6 Å². The van der Waals surface area contributed by atoms with Crippen molar-refractivity contribution in [2.75, 3.05) is 13.1 Å². The number of nitrogens with zero attached hydrogens (tertiary/aromatic N) is 3. The average molecular weight is 463 g/mol. The number of hydrogen-bond acceptors (Lipinski definition) is 3. The highest BCUT2D eigenvalue weighted by Gasteiger charge is 2.54. The molecule has 3 heterocycles. The van der Waals surface area contributed by atoms with E-state index in [9.17, 15) is 14.4 Å². The molecular weight excluding hydrogens is 428 g/mol. The van der Waals surface area contributed by atoms with Crippen LogP contribution in [0.2, 0.25) is 0 Å². The molecule has 34 heavy (non-hydrogen) atoms. The Labute approximate surface area is 201 Å². The minimum atomic E-state index is -0.853. The molecule has 1 aliphatic carbocycles. The first-order chi connectivity index (χ1) is 16.2. The highest BCUT2D eigenvalue weighted by molar-refractivity contribution is 6.09. The van der Waals surface area contributed by atoms with Gasteiger partial charge in [-0.1, -0.05) is 51.1 Å². The highest BCUT2D eigenvalue weighted by atomic mass is 16.2. The lowest BCUT2D eigenvalue weighted by atomic mass is 9.67. The molecule has 2 aliphatic heterocycles. The first-order valence-electron chi connectivity index (χ1n) is 12.3. The summed E-state index contributed by atoms with van der Waals surface area (Å²) < 4.78 is 2.16. The van der Waals surface area contributed by atoms with E-state index in [1.165, 1.54) is 0 Å². The van der Waals surface area contributed by atoms with Gasteiger partial charge in [0.1, 0.15) is 12.1 Å². The van der Waals surface area contributed by atoms with Crippen molar-refractivity contribution in [2.45, 2.75) is 64.6 Å². The van der Waals surface area contributed by atoms with Gasteiger partial charge in [-0.15, -0.1) is 0 Å². The second kappa shape index (κ2) is 8.29. The Hall–Kier alpha value is -3.09. The summed E-state index contributed by atoms with van der Waals surface area (Å²) >= 11 is 0. The third kappa shape index (κ3) is 3.81. The van der Waals surface area contributed by atoms with Crippen LogP contribution in [0.1, 0.15) is 63.8 Å². The van der Waals surface area contributed by atoms with Gasteiger partial charge in [0, 0.05) is 25.0 Å². The van der Waals surface area contributed by atoms with Crippen LogP contribution in [0.3, 0.4) is 0 Å². The molecule has 1 aromatic heterocycles. The first kappa shape index (κ1) is 22.7. The predicted octanol–water partition coefficient (Wildman–Crippen LogP) is 3.95. The van der Waals surface area contributed by atoms with Crippen LogP contribution >= 0.6 is 0 Å². The van der Waals surface area contributed by atoms with Crippen molar-refractivity contribution < 1.29 is 14.4 Å². The fraction of sp³-hybridized carbons (Fsp3) is 0.519. The fourth-order valence-corrected chi connectivity index (χ4v) is 6.00. The summed E-state index contributed by atoms with van der Waals surface area (Å²) in [6, 6.07) is 13.3. The van der Waals surface area contributed by atoms with Crippen LogP contribution in [0.15, 0.2) is 48.7 Å². The van der Waals surface area contributed by atoms with Crippen LogP contribution in [-0.4, -0.2) is 50.8 Å². The van der Waals surface area contributed by atoms with Crippen molar-refractivity contribution in [2.24, 2.45) is 11.3 Å². The number of carbonyl (C=O) groups is 3. The number of urea groups is 1. The molecule has 180 valence electrons. The molecule has 0 radical (unpaired) electrons. The van der Waals surface area contributed by atoms with Gasteiger partial charge < -0.3 is 14.8 Å². The van der Waals surface area contributed by atoms with E-state index in [4.69, 9.17) is 0 Å². The minimum Gasteiger partial charge on any atom is -0.348 e. The Balaban J connectivity index is 1.34. The van der Waals surface area contributed by atoms with Crippen molar-refractivity contribution in [1.82, 2.24) is 19.7 Å². The van der Waals surface area contributed by atoms with Gasteiger partial charge in [-0.05, 0) is 54.7 Å². The van der Waals surface area contributed by atoms with Gasteiger partial charge in [0.2, 0.25) is 5.91 Å². The molecule has 1 aromatic carbocycles. The predicted molar refractivity (Wildman–Crippen MR) is 129 cm³/mol. The average Bonchev–Trinajstić information content (AvgIpc) is 3.37. The van der Waals surface area contributed by atoms with Gasteiger partial charge in [0.05, 0.1) is 6.04 Å². The molecule has 1 unspecified atom stereocenters. The SMILES string of the molecule is CC(C)(C)C1CCC2(CC1)NC(=O)N(CC(=O)N1CCn3cccc3C1c1ccccc1)C2=O. The molecule has 7 nitrogen and oxygen atoms in total. The monoisotopic (exact) mass is 462 g/mol. The number of carbonyl (C=O) groups excluding carboxylic acids is 3. The maximum absolute atomic E-state index is 13.6. The summed E-state index contributed by atoms with van der Waals surface area (Å²) in [6.45, 7) is 7.69. The van der Waals surface area contributed by atoms with E-state index in [1.54, 1.807) is 0 Å². The van der Waals surface area contributed by atoms with E-state index in [1.807, 2.05) is 53.6 Å². The molecule has 5 rings (SSSR count). The van der Waals surface area contributed by atoms with Crippen LogP contribution in [-0.2, 0) is 16.1 Å². The molecular formula is C27H34N4O3. The molecule has 2 aromatic rings. The lowest BCUT2D eigenvalue weighted by Gasteiger charge is -2.40. The summed E-state index contributed by atoms with van der Waals surface area (Å²) in [5.74, 6) is 0.0785. The molecule has 0 bridgehead atoms. The minimum absolute atomic E-state index is 0.182. The fourth-order valence-electron chi connectivity index (χ4n) is 6.00. The Morgan fingerprint density at radius 3 is 2.41 bits per heavy atom. The van der Waals surface area contributed by atoms with Crippen LogP contribution in [0, 0.1) is 11.3 Å². The summed E-state index contributed by atoms with van der Waals surface area (Å²) in [5.41, 5.74) is 1.39. The number of amides is 4. The molecule has 3 aliphatic rings. The zero-order chi connectivity index (χ0) is 24.1. The molecule has 1 atom stereocenters. The largest absolute Gasteiger partial charge is 0.348 e. The van der Waals surface area contributed by atoms with Gasteiger partial charge in [0.25, 0.3) is 5.91 Å². The Kier molecular flexibility index (Phi) is 5.53. The number of rotatable bonds is 3. The molecule has 1 saturated carbocycles. The van der Waals surface area contributed by atoms with E-state index in [2.05, 4.69) is 30.7 Å². The van der Waals surface area contributed by atoms with Gasteiger partial charge in [0.15, 0.2) is 0 Å². The summed E-state index contributed by atoms with van der Waals surface area (Å²) in [4.78, 5) is 42.8. The van der Waals surface area contributed by atoms with Crippen molar-refractivity contribution in [3.8, 4) is 0 Å². The number of nitrogens with one attached hydrogen (secondary N) is 1. The van der Waals surface area contributed by atoms with Crippen LogP contribution in [0.4, 0.5) is 4.79 Å². The summed E-state index contributed by atoms with van der Waals surface area (Å²) in [7, 11) is 0. The van der Waals surface area contributed by atoms with E-state index in [-0.39, 0.29) is 29.8 Å². The second-order valence-electron chi connectivity index (χ2n) is 11.1. The van der Waals surface area contributed by atoms with Gasteiger partial charge >= 0.3 is 6.03 Å². The van der Waals surface area contributed by atoms with Gasteiger partial charge in [-0.3, -0.25) is 14.5 Å². The van der Waals surface area contributed by atoms with Crippen molar-refractivity contribution in [3.63, 3.8) is 0 Å². The molecule has 1 N–H and O–H groups in total. The Morgan fingerprint density at radius 1 is 1.03 bits per heavy atom. The topological polar surface area (TPSA) is 74.7 Å². The summed E-state index contributed by atoms with van der Waals surface area (Å²) in [5, 5.41) is 2.97. The molecule has 1 spiro atoms.